The number of allylic oxidation sites excluding steroid dienone is 1. The van der Waals surface area contributed by atoms with Crippen molar-refractivity contribution in [1.82, 2.24) is 9.55 Å². The molecule has 25 heavy (non-hydrogen) atoms. The largest absolute Gasteiger partial charge is 0.478 e. The Bertz CT molecular complexity index is 1110. The van der Waals surface area contributed by atoms with Gasteiger partial charge in [-0.1, -0.05) is 29.8 Å². The van der Waals surface area contributed by atoms with Crippen molar-refractivity contribution in [1.29, 1.82) is 0 Å². The molecule has 3 aromatic rings. The summed E-state index contributed by atoms with van der Waals surface area (Å²) >= 11 is 0. The summed E-state index contributed by atoms with van der Waals surface area (Å²) in [5, 5.41) is 9.61. The Kier molecular flexibility index (Phi) is 3.50. The summed E-state index contributed by atoms with van der Waals surface area (Å²) < 4.78 is 1.67. The molecule has 0 atom stereocenters. The maximum absolute atomic E-state index is 12.7. The lowest BCUT2D eigenvalue weighted by molar-refractivity contribution is 0.0697. The van der Waals surface area contributed by atoms with E-state index in [2.05, 4.69) is 11.1 Å². The maximum atomic E-state index is 12.7. The van der Waals surface area contributed by atoms with Crippen LogP contribution in [-0.4, -0.2) is 20.6 Å². The zero-order valence-corrected chi connectivity index (χ0v) is 13.7. The Labute approximate surface area is 143 Å². The van der Waals surface area contributed by atoms with Crippen LogP contribution in [0.5, 0.6) is 0 Å². The lowest BCUT2D eigenvalue weighted by Gasteiger charge is -2.06. The molecule has 5 heteroatoms. The van der Waals surface area contributed by atoms with Crippen molar-refractivity contribution in [3.8, 4) is 0 Å². The minimum atomic E-state index is -1.03. The number of fused-ring (bicyclic) bond motifs is 2. The fourth-order valence-corrected chi connectivity index (χ4v) is 3.25. The van der Waals surface area contributed by atoms with Crippen LogP contribution in [-0.2, 0) is 6.54 Å². The first-order valence-electron chi connectivity index (χ1n) is 8.08. The second kappa shape index (κ2) is 5.70. The average molecular weight is 332 g/mol. The standard InChI is InChI=1S/C20H16N2O3/c1-12-3-2-4-13(9-12)10-14-7-8-22-18(14)21-17-11-15(20(24)25)5-6-16(17)19(22)23/h2-6,9-11H,7-8H2,1H3,(H,24,25)/b14-10-. The van der Waals surface area contributed by atoms with Crippen molar-refractivity contribution in [2.24, 2.45) is 0 Å². The van der Waals surface area contributed by atoms with Crippen LogP contribution in [0.25, 0.3) is 22.6 Å². The summed E-state index contributed by atoms with van der Waals surface area (Å²) in [4.78, 5) is 28.5. The Morgan fingerprint density at radius 2 is 2.08 bits per heavy atom. The van der Waals surface area contributed by atoms with E-state index in [1.165, 1.54) is 17.7 Å². The van der Waals surface area contributed by atoms with Crippen molar-refractivity contribution in [3.05, 3.63) is 75.3 Å². The van der Waals surface area contributed by atoms with Crippen LogP contribution in [0.15, 0.2) is 47.3 Å². The van der Waals surface area contributed by atoms with Gasteiger partial charge in [0, 0.05) is 6.54 Å². The zero-order chi connectivity index (χ0) is 17.6. The van der Waals surface area contributed by atoms with Crippen LogP contribution in [0.1, 0.15) is 33.7 Å². The van der Waals surface area contributed by atoms with Gasteiger partial charge >= 0.3 is 5.97 Å². The predicted molar refractivity (Wildman–Crippen MR) is 96.6 cm³/mol. The number of hydrogen-bond donors (Lipinski definition) is 1. The van der Waals surface area contributed by atoms with Crippen LogP contribution >= 0.6 is 0 Å². The molecule has 0 aliphatic carbocycles. The third-order valence-electron chi connectivity index (χ3n) is 4.48. The lowest BCUT2D eigenvalue weighted by atomic mass is 10.1. The first-order chi connectivity index (χ1) is 12.0. The van der Waals surface area contributed by atoms with Gasteiger partial charge in [-0.3, -0.25) is 9.36 Å². The molecule has 1 aromatic heterocycles. The molecular formula is C20H16N2O3. The van der Waals surface area contributed by atoms with Gasteiger partial charge in [-0.15, -0.1) is 0 Å². The van der Waals surface area contributed by atoms with Gasteiger partial charge < -0.3 is 5.11 Å². The van der Waals surface area contributed by atoms with Crippen LogP contribution in [0.2, 0.25) is 0 Å². The summed E-state index contributed by atoms with van der Waals surface area (Å²) in [6.07, 6.45) is 2.78. The average Bonchev–Trinajstić information content (AvgIpc) is 2.97. The quantitative estimate of drug-likeness (QED) is 0.781. The predicted octanol–water partition coefficient (Wildman–Crippen LogP) is 3.35. The fourth-order valence-electron chi connectivity index (χ4n) is 3.25. The normalized spacial score (nSPS) is 14.8. The number of aryl methyl sites for hydroxylation is 1. The van der Waals surface area contributed by atoms with Crippen molar-refractivity contribution in [3.63, 3.8) is 0 Å². The molecule has 0 amide bonds. The van der Waals surface area contributed by atoms with Gasteiger partial charge in [0.15, 0.2) is 0 Å². The smallest absolute Gasteiger partial charge is 0.335 e. The number of aromatic carboxylic acids is 1. The molecule has 0 unspecified atom stereocenters. The number of nitrogens with zero attached hydrogens (tertiary/aromatic N) is 2. The summed E-state index contributed by atoms with van der Waals surface area (Å²) in [6.45, 7) is 2.63. The van der Waals surface area contributed by atoms with E-state index in [1.807, 2.05) is 31.2 Å². The number of carboxylic acid groups (broad SMARTS) is 1. The van der Waals surface area contributed by atoms with E-state index >= 15 is 0 Å². The molecule has 0 fully saturated rings. The van der Waals surface area contributed by atoms with E-state index in [0.29, 0.717) is 23.3 Å². The van der Waals surface area contributed by atoms with E-state index in [-0.39, 0.29) is 11.1 Å². The molecule has 5 nitrogen and oxygen atoms in total. The molecule has 4 rings (SSSR count). The molecule has 1 aliphatic rings. The van der Waals surface area contributed by atoms with Crippen molar-refractivity contribution in [2.45, 2.75) is 19.9 Å². The zero-order valence-electron chi connectivity index (χ0n) is 13.7. The number of hydrogen-bond acceptors (Lipinski definition) is 3. The topological polar surface area (TPSA) is 72.2 Å². The second-order valence-electron chi connectivity index (χ2n) is 6.26. The highest BCUT2D eigenvalue weighted by Crippen LogP contribution is 2.27. The maximum Gasteiger partial charge on any atom is 0.335 e. The Balaban J connectivity index is 1.90. The van der Waals surface area contributed by atoms with Crippen LogP contribution in [0.4, 0.5) is 0 Å². The Hall–Kier alpha value is -3.21. The molecule has 0 spiro atoms. The minimum absolute atomic E-state index is 0.121. The number of carbonyl (C=O) groups is 1. The Morgan fingerprint density at radius 3 is 2.84 bits per heavy atom. The third kappa shape index (κ3) is 2.63. The van der Waals surface area contributed by atoms with Gasteiger partial charge in [0.2, 0.25) is 0 Å². The van der Waals surface area contributed by atoms with E-state index in [0.717, 1.165) is 17.6 Å². The fraction of sp³-hybridized carbons (Fsp3) is 0.150. The minimum Gasteiger partial charge on any atom is -0.478 e. The molecule has 124 valence electrons. The van der Waals surface area contributed by atoms with Crippen molar-refractivity contribution < 1.29 is 9.90 Å². The molecule has 1 N–H and O–H groups in total. The summed E-state index contributed by atoms with van der Waals surface area (Å²) in [6, 6.07) is 12.6. The van der Waals surface area contributed by atoms with Gasteiger partial charge in [0.1, 0.15) is 5.82 Å². The molecule has 0 bridgehead atoms. The van der Waals surface area contributed by atoms with Crippen LogP contribution in [0.3, 0.4) is 0 Å². The second-order valence-corrected chi connectivity index (χ2v) is 6.26. The number of aromatic nitrogens is 2. The molecule has 0 saturated heterocycles. The van der Waals surface area contributed by atoms with Gasteiger partial charge in [0.25, 0.3) is 5.56 Å². The summed E-state index contributed by atoms with van der Waals surface area (Å²) in [5.74, 6) is -0.402. The van der Waals surface area contributed by atoms with Gasteiger partial charge in [-0.2, -0.15) is 0 Å². The Morgan fingerprint density at radius 1 is 1.24 bits per heavy atom. The number of benzene rings is 2. The highest BCUT2D eigenvalue weighted by atomic mass is 16.4. The molecule has 0 saturated carbocycles. The molecular weight excluding hydrogens is 316 g/mol. The molecule has 2 heterocycles. The van der Waals surface area contributed by atoms with E-state index in [9.17, 15) is 9.59 Å². The van der Waals surface area contributed by atoms with Crippen LogP contribution in [0, 0.1) is 6.92 Å². The molecule has 1 aliphatic heterocycles. The van der Waals surface area contributed by atoms with E-state index in [4.69, 9.17) is 5.11 Å². The SMILES string of the molecule is Cc1cccc(/C=C2/CCn3c2nc2cc(C(=O)O)ccc2c3=O)c1. The summed E-state index contributed by atoms with van der Waals surface area (Å²) in [7, 11) is 0. The van der Waals surface area contributed by atoms with E-state index in [1.54, 1.807) is 10.6 Å². The number of rotatable bonds is 2. The van der Waals surface area contributed by atoms with Crippen LogP contribution < -0.4 is 5.56 Å². The third-order valence-corrected chi connectivity index (χ3v) is 4.48. The van der Waals surface area contributed by atoms with Crippen molar-refractivity contribution >= 4 is 28.5 Å². The molecule has 2 aromatic carbocycles. The van der Waals surface area contributed by atoms with Crippen molar-refractivity contribution in [2.75, 3.05) is 0 Å². The van der Waals surface area contributed by atoms with E-state index < -0.39 is 5.97 Å². The molecule has 0 radical (unpaired) electrons. The lowest BCUT2D eigenvalue weighted by Crippen LogP contribution is -2.21. The number of carboxylic acids is 1. The van der Waals surface area contributed by atoms with Gasteiger partial charge in [-0.25, -0.2) is 9.78 Å². The first-order valence-corrected chi connectivity index (χ1v) is 8.08. The first kappa shape index (κ1) is 15.3. The van der Waals surface area contributed by atoms with Gasteiger partial charge in [0.05, 0.1) is 16.5 Å². The highest BCUT2D eigenvalue weighted by molar-refractivity contribution is 5.93. The monoisotopic (exact) mass is 332 g/mol. The summed E-state index contributed by atoms with van der Waals surface area (Å²) in [5.41, 5.74) is 3.66. The van der Waals surface area contributed by atoms with Gasteiger partial charge in [-0.05, 0) is 48.8 Å². The highest BCUT2D eigenvalue weighted by Gasteiger charge is 2.21.